The van der Waals surface area contributed by atoms with Gasteiger partial charge < -0.3 is 9.64 Å². The van der Waals surface area contributed by atoms with E-state index in [1.165, 1.54) is 4.90 Å². The Kier molecular flexibility index (Phi) is 4.34. The van der Waals surface area contributed by atoms with Crippen LogP contribution in [0.4, 0.5) is 14.5 Å². The van der Waals surface area contributed by atoms with E-state index in [-0.39, 0.29) is 6.54 Å². The zero-order valence-electron chi connectivity index (χ0n) is 10.6. The van der Waals surface area contributed by atoms with Crippen LogP contribution in [0.5, 0.6) is 11.5 Å². The molecule has 0 spiro atoms. The van der Waals surface area contributed by atoms with E-state index in [4.69, 9.17) is 4.74 Å². The van der Waals surface area contributed by atoms with Gasteiger partial charge in [0.05, 0.1) is 12.2 Å². The van der Waals surface area contributed by atoms with Crippen LogP contribution in [0.15, 0.2) is 54.6 Å². The molecule has 2 aromatic carbocycles. The highest BCUT2D eigenvalue weighted by Gasteiger charge is 2.13. The Hall–Kier alpha value is -2.10. The van der Waals surface area contributed by atoms with Crippen molar-refractivity contribution in [3.63, 3.8) is 0 Å². The first kappa shape index (κ1) is 13.3. The molecular weight excluding hydrogens is 248 g/mol. The average Bonchev–Trinajstić information content (AvgIpc) is 2.39. The Balaban J connectivity index is 2.21. The van der Waals surface area contributed by atoms with Gasteiger partial charge in [-0.15, -0.1) is 0 Å². The summed E-state index contributed by atoms with van der Waals surface area (Å²) >= 11 is 0. The van der Waals surface area contributed by atoms with Crippen LogP contribution >= 0.6 is 0 Å². The molecule has 0 saturated heterocycles. The topological polar surface area (TPSA) is 12.5 Å². The van der Waals surface area contributed by atoms with E-state index in [1.807, 2.05) is 36.4 Å². The van der Waals surface area contributed by atoms with Crippen LogP contribution < -0.4 is 9.64 Å². The fraction of sp³-hybridized carbons (Fsp3) is 0.200. The van der Waals surface area contributed by atoms with Gasteiger partial charge in [-0.25, -0.2) is 8.78 Å². The molecule has 0 fully saturated rings. The van der Waals surface area contributed by atoms with Crippen LogP contribution in [0.25, 0.3) is 0 Å². The smallest absolute Gasteiger partial charge is 0.255 e. The van der Waals surface area contributed by atoms with E-state index >= 15 is 0 Å². The molecule has 0 aliphatic carbocycles. The Morgan fingerprint density at radius 3 is 2.32 bits per heavy atom. The highest BCUT2D eigenvalue weighted by atomic mass is 19.3. The molecule has 0 atom stereocenters. The average molecular weight is 263 g/mol. The molecule has 100 valence electrons. The van der Waals surface area contributed by atoms with E-state index in [9.17, 15) is 8.78 Å². The van der Waals surface area contributed by atoms with Crippen molar-refractivity contribution in [1.82, 2.24) is 0 Å². The van der Waals surface area contributed by atoms with Crippen molar-refractivity contribution in [2.75, 3.05) is 18.5 Å². The molecule has 0 saturated carbocycles. The lowest BCUT2D eigenvalue weighted by Crippen LogP contribution is -2.24. The van der Waals surface area contributed by atoms with Crippen molar-refractivity contribution in [1.29, 1.82) is 0 Å². The van der Waals surface area contributed by atoms with Gasteiger partial charge in [0.25, 0.3) is 6.43 Å². The van der Waals surface area contributed by atoms with Crippen LogP contribution in [-0.4, -0.2) is 20.0 Å². The standard InChI is InChI=1S/C15H15F2NO/c1-18(11-15(16)17)13-9-5-6-10-14(13)19-12-7-3-2-4-8-12/h2-10,15H,11H2,1H3. The Labute approximate surface area is 111 Å². The van der Waals surface area contributed by atoms with Gasteiger partial charge in [-0.1, -0.05) is 30.3 Å². The molecule has 0 amide bonds. The van der Waals surface area contributed by atoms with Gasteiger partial charge in [-0.05, 0) is 24.3 Å². The van der Waals surface area contributed by atoms with Gasteiger partial charge in [0, 0.05) is 7.05 Å². The molecule has 2 rings (SSSR count). The third kappa shape index (κ3) is 3.68. The molecule has 0 aliphatic rings. The number of benzene rings is 2. The van der Waals surface area contributed by atoms with Crippen molar-refractivity contribution >= 4 is 5.69 Å². The predicted octanol–water partition coefficient (Wildman–Crippen LogP) is 4.18. The number of hydrogen-bond donors (Lipinski definition) is 0. The van der Waals surface area contributed by atoms with Crippen LogP contribution in [0.2, 0.25) is 0 Å². The molecule has 2 aromatic rings. The lowest BCUT2D eigenvalue weighted by atomic mass is 10.2. The maximum absolute atomic E-state index is 12.4. The zero-order chi connectivity index (χ0) is 13.7. The van der Waals surface area contributed by atoms with E-state index in [1.54, 1.807) is 25.2 Å². The maximum atomic E-state index is 12.4. The minimum Gasteiger partial charge on any atom is -0.455 e. The van der Waals surface area contributed by atoms with Gasteiger partial charge >= 0.3 is 0 Å². The first-order valence-corrected chi connectivity index (χ1v) is 5.98. The lowest BCUT2D eigenvalue weighted by Gasteiger charge is -2.21. The highest BCUT2D eigenvalue weighted by Crippen LogP contribution is 2.31. The number of nitrogens with zero attached hydrogens (tertiary/aromatic N) is 1. The summed E-state index contributed by atoms with van der Waals surface area (Å²) in [6.45, 7) is -0.324. The molecular formula is C15H15F2NO. The van der Waals surface area contributed by atoms with E-state index < -0.39 is 6.43 Å². The molecule has 0 bridgehead atoms. The molecule has 0 aromatic heterocycles. The molecule has 0 N–H and O–H groups in total. The Bertz CT molecular complexity index is 517. The normalized spacial score (nSPS) is 10.5. The molecule has 0 unspecified atom stereocenters. The molecule has 0 aliphatic heterocycles. The summed E-state index contributed by atoms with van der Waals surface area (Å²) in [4.78, 5) is 1.49. The monoisotopic (exact) mass is 263 g/mol. The van der Waals surface area contributed by atoms with E-state index in [0.717, 1.165) is 0 Å². The molecule has 0 heterocycles. The second-order valence-corrected chi connectivity index (χ2v) is 4.15. The first-order valence-electron chi connectivity index (χ1n) is 5.98. The number of hydrogen-bond acceptors (Lipinski definition) is 2. The number of ether oxygens (including phenoxy) is 1. The third-order valence-corrected chi connectivity index (χ3v) is 2.66. The van der Waals surface area contributed by atoms with Gasteiger partial charge in [0.15, 0.2) is 5.75 Å². The van der Waals surface area contributed by atoms with Crippen LogP contribution in [0, 0.1) is 0 Å². The second kappa shape index (κ2) is 6.18. The third-order valence-electron chi connectivity index (χ3n) is 2.66. The molecule has 0 radical (unpaired) electrons. The van der Waals surface area contributed by atoms with Crippen LogP contribution in [0.3, 0.4) is 0 Å². The summed E-state index contributed by atoms with van der Waals surface area (Å²) in [5, 5.41) is 0. The van der Waals surface area contributed by atoms with Crippen molar-refractivity contribution in [3.05, 3.63) is 54.6 Å². The lowest BCUT2D eigenvalue weighted by molar-refractivity contribution is 0.156. The number of para-hydroxylation sites is 3. The number of rotatable bonds is 5. The predicted molar refractivity (Wildman–Crippen MR) is 72.2 cm³/mol. The summed E-state index contributed by atoms with van der Waals surface area (Å²) in [5.74, 6) is 1.25. The summed E-state index contributed by atoms with van der Waals surface area (Å²) in [5.41, 5.74) is 0.645. The molecule has 19 heavy (non-hydrogen) atoms. The van der Waals surface area contributed by atoms with Gasteiger partial charge in [0.1, 0.15) is 5.75 Å². The van der Waals surface area contributed by atoms with E-state index in [0.29, 0.717) is 17.2 Å². The van der Waals surface area contributed by atoms with Crippen molar-refractivity contribution in [2.24, 2.45) is 0 Å². The molecule has 4 heteroatoms. The highest BCUT2D eigenvalue weighted by molar-refractivity contribution is 5.59. The zero-order valence-corrected chi connectivity index (χ0v) is 10.6. The number of halogens is 2. The summed E-state index contributed by atoms with van der Waals surface area (Å²) in [6.07, 6.45) is -2.38. The summed E-state index contributed by atoms with van der Waals surface area (Å²) < 4.78 is 30.6. The van der Waals surface area contributed by atoms with Crippen LogP contribution in [0.1, 0.15) is 0 Å². The largest absolute Gasteiger partial charge is 0.455 e. The van der Waals surface area contributed by atoms with Gasteiger partial charge in [-0.2, -0.15) is 0 Å². The van der Waals surface area contributed by atoms with Gasteiger partial charge in [-0.3, -0.25) is 0 Å². The maximum Gasteiger partial charge on any atom is 0.255 e. The quantitative estimate of drug-likeness (QED) is 0.802. The fourth-order valence-corrected chi connectivity index (χ4v) is 1.78. The van der Waals surface area contributed by atoms with Crippen molar-refractivity contribution in [2.45, 2.75) is 6.43 Å². The second-order valence-electron chi connectivity index (χ2n) is 4.15. The van der Waals surface area contributed by atoms with Gasteiger partial charge in [0.2, 0.25) is 0 Å². The van der Waals surface area contributed by atoms with Crippen LogP contribution in [-0.2, 0) is 0 Å². The first-order chi connectivity index (χ1) is 9.16. The Morgan fingerprint density at radius 1 is 1.00 bits per heavy atom. The van der Waals surface area contributed by atoms with Crippen molar-refractivity contribution < 1.29 is 13.5 Å². The fourth-order valence-electron chi connectivity index (χ4n) is 1.78. The summed E-state index contributed by atoms with van der Waals surface area (Å²) in [7, 11) is 1.62. The SMILES string of the molecule is CN(CC(F)F)c1ccccc1Oc1ccccc1. The van der Waals surface area contributed by atoms with E-state index in [2.05, 4.69) is 0 Å². The van der Waals surface area contributed by atoms with Crippen molar-refractivity contribution in [3.8, 4) is 11.5 Å². The minimum atomic E-state index is -2.38. The number of anilines is 1. The minimum absolute atomic E-state index is 0.324. The Morgan fingerprint density at radius 2 is 1.63 bits per heavy atom. The molecule has 2 nitrogen and oxygen atoms in total. The summed E-state index contributed by atoms with van der Waals surface area (Å²) in [6, 6.07) is 16.4. The number of alkyl halides is 2.